The first-order chi connectivity index (χ1) is 11.4. The molecule has 3 aromatic heterocycles. The fourth-order valence-corrected chi connectivity index (χ4v) is 4.25. The van der Waals surface area contributed by atoms with Crippen molar-refractivity contribution in [3.05, 3.63) is 41.6 Å². The van der Waals surface area contributed by atoms with E-state index in [-0.39, 0.29) is 11.4 Å². The van der Waals surface area contributed by atoms with E-state index in [0.717, 1.165) is 5.65 Å². The molecule has 0 saturated carbocycles. The van der Waals surface area contributed by atoms with E-state index in [1.54, 1.807) is 18.5 Å². The van der Waals surface area contributed by atoms with Crippen LogP contribution in [0.25, 0.3) is 5.65 Å². The highest BCUT2D eigenvalue weighted by atomic mass is 32.2. The molecule has 0 aliphatic rings. The number of fused-ring (bicyclic) bond motifs is 1. The maximum atomic E-state index is 12.6. The van der Waals surface area contributed by atoms with E-state index in [0.29, 0.717) is 30.2 Å². The molecule has 1 N–H and O–H groups in total. The van der Waals surface area contributed by atoms with Gasteiger partial charge in [0, 0.05) is 25.7 Å². The van der Waals surface area contributed by atoms with Gasteiger partial charge in [0.1, 0.15) is 10.7 Å². The van der Waals surface area contributed by atoms with Crippen LogP contribution in [0.3, 0.4) is 0 Å². The summed E-state index contributed by atoms with van der Waals surface area (Å²) in [6, 6.07) is 5.62. The van der Waals surface area contributed by atoms with Crippen LogP contribution >= 0.6 is 0 Å². The van der Waals surface area contributed by atoms with Gasteiger partial charge in [-0.3, -0.25) is 9.08 Å². The van der Waals surface area contributed by atoms with E-state index in [4.69, 9.17) is 0 Å². The van der Waals surface area contributed by atoms with Crippen LogP contribution in [0.2, 0.25) is 0 Å². The van der Waals surface area contributed by atoms with Gasteiger partial charge in [0.15, 0.2) is 5.65 Å². The second-order valence-electron chi connectivity index (χ2n) is 5.51. The second-order valence-corrected chi connectivity index (χ2v) is 7.21. The van der Waals surface area contributed by atoms with Crippen LogP contribution in [0.5, 0.6) is 0 Å². The van der Waals surface area contributed by atoms with Gasteiger partial charge in [-0.05, 0) is 32.9 Å². The molecule has 0 aliphatic heterocycles. The number of nitrogens with zero attached hydrogens (tertiary/aromatic N) is 5. The monoisotopic (exact) mass is 348 g/mol. The molecular weight excluding hydrogens is 328 g/mol. The highest BCUT2D eigenvalue weighted by molar-refractivity contribution is 7.89. The fraction of sp³-hybridized carbons (Fsp3) is 0.400. The number of aromatic nitrogens is 5. The van der Waals surface area contributed by atoms with E-state index in [2.05, 4.69) is 20.0 Å². The largest absolute Gasteiger partial charge is 0.286 e. The van der Waals surface area contributed by atoms with Gasteiger partial charge in [0.05, 0.1) is 11.4 Å². The van der Waals surface area contributed by atoms with Gasteiger partial charge < -0.3 is 0 Å². The number of sulfonamides is 1. The Bertz CT molecular complexity index is 973. The van der Waals surface area contributed by atoms with Gasteiger partial charge in [-0.15, -0.1) is 10.2 Å². The van der Waals surface area contributed by atoms with Crippen LogP contribution < -0.4 is 4.72 Å². The van der Waals surface area contributed by atoms with Crippen LogP contribution in [-0.2, 0) is 23.0 Å². The summed E-state index contributed by atoms with van der Waals surface area (Å²) in [7, 11) is -3.61. The first kappa shape index (κ1) is 16.6. The van der Waals surface area contributed by atoms with E-state index in [1.165, 1.54) is 0 Å². The zero-order chi connectivity index (χ0) is 17.3. The number of pyridine rings is 1. The van der Waals surface area contributed by atoms with Gasteiger partial charge in [0.25, 0.3) is 0 Å². The molecule has 0 fully saturated rings. The average molecular weight is 348 g/mol. The molecule has 3 rings (SSSR count). The van der Waals surface area contributed by atoms with Crippen molar-refractivity contribution in [3.63, 3.8) is 0 Å². The van der Waals surface area contributed by atoms with E-state index < -0.39 is 10.0 Å². The molecule has 128 valence electrons. The van der Waals surface area contributed by atoms with Crippen molar-refractivity contribution in [2.75, 3.05) is 6.54 Å². The van der Waals surface area contributed by atoms with Crippen molar-refractivity contribution in [3.8, 4) is 0 Å². The number of rotatable bonds is 6. The summed E-state index contributed by atoms with van der Waals surface area (Å²) in [5, 5.41) is 12.4. The van der Waals surface area contributed by atoms with Gasteiger partial charge in [0.2, 0.25) is 10.0 Å². The number of hydrogen-bond donors (Lipinski definition) is 1. The molecule has 0 aliphatic carbocycles. The summed E-state index contributed by atoms with van der Waals surface area (Å²) in [5.74, 6) is 0.714. The standard InChI is InChI=1S/C15H20N6O2S/c1-4-21-12(3)15(11(2)19-21)24(22,23)16-9-8-14-18-17-13-7-5-6-10-20(13)14/h5-7,10,16H,4,8-9H2,1-3H3. The molecule has 0 saturated heterocycles. The first-order valence-electron chi connectivity index (χ1n) is 7.76. The molecule has 3 aromatic rings. The van der Waals surface area contributed by atoms with Gasteiger partial charge in [-0.25, -0.2) is 13.1 Å². The van der Waals surface area contributed by atoms with Crippen LogP contribution in [-0.4, -0.2) is 39.3 Å². The zero-order valence-corrected chi connectivity index (χ0v) is 14.7. The van der Waals surface area contributed by atoms with Crippen molar-refractivity contribution in [1.82, 2.24) is 29.1 Å². The minimum Gasteiger partial charge on any atom is -0.286 e. The Hall–Kier alpha value is -2.26. The Morgan fingerprint density at radius 1 is 1.21 bits per heavy atom. The van der Waals surface area contributed by atoms with Gasteiger partial charge in [-0.2, -0.15) is 5.10 Å². The molecule has 8 nitrogen and oxygen atoms in total. The summed E-state index contributed by atoms with van der Waals surface area (Å²) >= 11 is 0. The first-order valence-corrected chi connectivity index (χ1v) is 9.24. The Labute approximate surface area is 140 Å². The van der Waals surface area contributed by atoms with Crippen molar-refractivity contribution < 1.29 is 8.42 Å². The predicted octanol–water partition coefficient (Wildman–Crippen LogP) is 1.08. The molecule has 0 aromatic carbocycles. The normalized spacial score (nSPS) is 12.1. The minimum absolute atomic E-state index is 0.244. The lowest BCUT2D eigenvalue weighted by molar-refractivity contribution is 0.578. The molecule has 24 heavy (non-hydrogen) atoms. The van der Waals surface area contributed by atoms with Crippen molar-refractivity contribution in [2.45, 2.75) is 38.6 Å². The molecule has 0 unspecified atom stereocenters. The summed E-state index contributed by atoms with van der Waals surface area (Å²) in [5.41, 5.74) is 1.90. The molecular formula is C15H20N6O2S. The molecule has 0 atom stereocenters. The summed E-state index contributed by atoms with van der Waals surface area (Å²) in [6.07, 6.45) is 2.31. The lowest BCUT2D eigenvalue weighted by Gasteiger charge is -2.07. The molecule has 9 heteroatoms. The van der Waals surface area contributed by atoms with E-state index in [9.17, 15) is 8.42 Å². The molecule has 0 bridgehead atoms. The third kappa shape index (κ3) is 2.92. The van der Waals surface area contributed by atoms with Crippen LogP contribution in [0.15, 0.2) is 29.3 Å². The molecule has 0 amide bonds. The third-order valence-corrected chi connectivity index (χ3v) is 5.62. The Kier molecular flexibility index (Phi) is 4.37. The smallest absolute Gasteiger partial charge is 0.244 e. The quantitative estimate of drug-likeness (QED) is 0.719. The van der Waals surface area contributed by atoms with Gasteiger partial charge >= 0.3 is 0 Å². The Morgan fingerprint density at radius 2 is 2.00 bits per heavy atom. The third-order valence-electron chi connectivity index (χ3n) is 3.91. The topological polar surface area (TPSA) is 94.2 Å². The maximum absolute atomic E-state index is 12.6. The molecule has 3 heterocycles. The molecule has 0 radical (unpaired) electrons. The number of nitrogens with one attached hydrogen (secondary N) is 1. The van der Waals surface area contributed by atoms with Gasteiger partial charge in [-0.1, -0.05) is 6.07 Å². The Balaban J connectivity index is 1.75. The van der Waals surface area contributed by atoms with E-state index >= 15 is 0 Å². The zero-order valence-electron chi connectivity index (χ0n) is 13.9. The second kappa shape index (κ2) is 6.33. The average Bonchev–Trinajstić information content (AvgIpc) is 3.08. The minimum atomic E-state index is -3.61. The molecule has 0 spiro atoms. The summed E-state index contributed by atoms with van der Waals surface area (Å²) in [6.45, 7) is 6.28. The van der Waals surface area contributed by atoms with Crippen molar-refractivity contribution in [1.29, 1.82) is 0 Å². The lowest BCUT2D eigenvalue weighted by Crippen LogP contribution is -2.27. The maximum Gasteiger partial charge on any atom is 0.244 e. The lowest BCUT2D eigenvalue weighted by atomic mass is 10.4. The highest BCUT2D eigenvalue weighted by Gasteiger charge is 2.24. The fourth-order valence-electron chi connectivity index (χ4n) is 2.81. The highest BCUT2D eigenvalue weighted by Crippen LogP contribution is 2.19. The van der Waals surface area contributed by atoms with E-state index in [1.807, 2.05) is 35.7 Å². The SMILES string of the molecule is CCn1nc(C)c(S(=O)(=O)NCCc2nnc3ccccn23)c1C. The number of aryl methyl sites for hydroxylation is 2. The van der Waals surface area contributed by atoms with Crippen LogP contribution in [0.1, 0.15) is 24.1 Å². The summed E-state index contributed by atoms with van der Waals surface area (Å²) in [4.78, 5) is 0.260. The van der Waals surface area contributed by atoms with Crippen molar-refractivity contribution >= 4 is 15.7 Å². The van der Waals surface area contributed by atoms with Crippen LogP contribution in [0, 0.1) is 13.8 Å². The summed E-state index contributed by atoms with van der Waals surface area (Å²) < 4.78 is 31.3. The Morgan fingerprint density at radius 3 is 2.71 bits per heavy atom. The van der Waals surface area contributed by atoms with Crippen molar-refractivity contribution in [2.24, 2.45) is 0 Å². The number of hydrogen-bond acceptors (Lipinski definition) is 5. The van der Waals surface area contributed by atoms with Crippen LogP contribution in [0.4, 0.5) is 0 Å². The predicted molar refractivity (Wildman–Crippen MR) is 89.3 cm³/mol.